The third-order valence-corrected chi connectivity index (χ3v) is 5.59. The van der Waals surface area contributed by atoms with Crippen LogP contribution in [0.4, 0.5) is 0 Å². The van der Waals surface area contributed by atoms with E-state index >= 15 is 0 Å². The van der Waals surface area contributed by atoms with E-state index in [0.717, 1.165) is 5.54 Å². The van der Waals surface area contributed by atoms with Gasteiger partial charge in [-0.2, -0.15) is 0 Å². The molecule has 0 heterocycles. The van der Waals surface area contributed by atoms with Crippen LogP contribution in [0.25, 0.3) is 6.08 Å². The number of hydrogen-bond acceptors (Lipinski definition) is 0. The van der Waals surface area contributed by atoms with Crippen LogP contribution in [-0.4, -0.2) is 8.80 Å². The van der Waals surface area contributed by atoms with Gasteiger partial charge in [0.15, 0.2) is 0 Å². The maximum Gasteiger partial charge on any atom is 2.00 e. The normalized spacial score (nSPS) is 16.7. The molecule has 0 fully saturated rings. The van der Waals surface area contributed by atoms with E-state index in [4.69, 9.17) is 0 Å². The van der Waals surface area contributed by atoms with E-state index in [1.165, 1.54) is 5.56 Å². The maximum atomic E-state index is 2.43. The summed E-state index contributed by atoms with van der Waals surface area (Å²) in [6.45, 7) is 11.1. The molecule has 1 aromatic carbocycles. The SMILES string of the molecule is CC1=Cc2ccccc2C1[SiH](C)C.CC=CC=CC.[Ti+2]. The minimum absolute atomic E-state index is 0. The first-order valence-corrected chi connectivity index (χ1v) is 10.1. The van der Waals surface area contributed by atoms with Gasteiger partial charge in [-0.3, -0.25) is 0 Å². The van der Waals surface area contributed by atoms with Crippen molar-refractivity contribution in [2.45, 2.75) is 39.4 Å². The van der Waals surface area contributed by atoms with Crippen molar-refractivity contribution in [1.29, 1.82) is 0 Å². The second kappa shape index (κ2) is 10.1. The summed E-state index contributed by atoms with van der Waals surface area (Å²) < 4.78 is 0. The zero-order chi connectivity index (χ0) is 14.3. The summed E-state index contributed by atoms with van der Waals surface area (Å²) in [6.07, 6.45) is 10.4. The molecule has 0 saturated heterocycles. The zero-order valence-electron chi connectivity index (χ0n) is 13.4. The number of allylic oxidation sites excluding steroid dienone is 5. The standard InChI is InChI=1S/C12H16Si.C6H10.Ti/c1-9-8-10-6-4-5-7-11(10)12(9)13(2)3;1-3-5-6-4-2;/h4-8,12-13H,1-3H3;3-6H,1-2H3;/q;;+2. The van der Waals surface area contributed by atoms with Gasteiger partial charge in [-0.15, -0.1) is 0 Å². The van der Waals surface area contributed by atoms with Crippen LogP contribution in [0.15, 0.2) is 54.1 Å². The van der Waals surface area contributed by atoms with E-state index in [1.807, 2.05) is 38.2 Å². The van der Waals surface area contributed by atoms with Crippen LogP contribution in [0.5, 0.6) is 0 Å². The van der Waals surface area contributed by atoms with Crippen molar-refractivity contribution in [3.8, 4) is 0 Å². The molecule has 0 amide bonds. The fourth-order valence-corrected chi connectivity index (χ4v) is 4.78. The molecule has 1 aliphatic rings. The van der Waals surface area contributed by atoms with Gasteiger partial charge in [-0.25, -0.2) is 0 Å². The van der Waals surface area contributed by atoms with Crippen LogP contribution in [0.2, 0.25) is 13.1 Å². The molecule has 2 rings (SSSR count). The molecule has 2 heteroatoms. The fourth-order valence-electron chi connectivity index (χ4n) is 2.61. The Hall–Kier alpha value is -0.629. The summed E-state index contributed by atoms with van der Waals surface area (Å²) in [4.78, 5) is 0. The average Bonchev–Trinajstić information content (AvgIpc) is 2.72. The van der Waals surface area contributed by atoms with Crippen LogP contribution in [0.1, 0.15) is 37.4 Å². The second-order valence-corrected chi connectivity index (χ2v) is 8.45. The number of rotatable bonds is 2. The quantitative estimate of drug-likeness (QED) is 0.509. The molecular weight excluding hydrogens is 292 g/mol. The maximum absolute atomic E-state index is 2.43. The molecule has 0 aromatic heterocycles. The predicted molar refractivity (Wildman–Crippen MR) is 91.3 cm³/mol. The molecule has 1 atom stereocenters. The predicted octanol–water partition coefficient (Wildman–Crippen LogP) is 5.35. The van der Waals surface area contributed by atoms with E-state index in [2.05, 4.69) is 50.4 Å². The summed E-state index contributed by atoms with van der Waals surface area (Å²) >= 11 is 0. The van der Waals surface area contributed by atoms with Crippen LogP contribution in [0.3, 0.4) is 0 Å². The van der Waals surface area contributed by atoms with Crippen LogP contribution in [0, 0.1) is 0 Å². The van der Waals surface area contributed by atoms with Gasteiger partial charge in [0.1, 0.15) is 0 Å². The number of benzene rings is 1. The first-order chi connectivity index (χ1) is 9.11. The van der Waals surface area contributed by atoms with Crippen molar-refractivity contribution in [2.24, 2.45) is 0 Å². The summed E-state index contributed by atoms with van der Waals surface area (Å²) in [7, 11) is -0.586. The minimum Gasteiger partial charge on any atom is -0.0877 e. The van der Waals surface area contributed by atoms with Gasteiger partial charge in [-0.1, -0.05) is 73.3 Å². The summed E-state index contributed by atoms with van der Waals surface area (Å²) in [5.41, 5.74) is 5.38. The third-order valence-electron chi connectivity index (χ3n) is 3.37. The zero-order valence-corrected chi connectivity index (χ0v) is 16.1. The van der Waals surface area contributed by atoms with Crippen molar-refractivity contribution in [1.82, 2.24) is 0 Å². The Morgan fingerprint density at radius 1 is 1.00 bits per heavy atom. The first kappa shape index (κ1) is 19.4. The molecule has 0 bridgehead atoms. The Morgan fingerprint density at radius 2 is 1.55 bits per heavy atom. The molecule has 0 radical (unpaired) electrons. The Kier molecular flexibility index (Phi) is 9.83. The monoisotopic (exact) mass is 318 g/mol. The molecular formula is C18H26SiTi+2. The van der Waals surface area contributed by atoms with Crippen molar-refractivity contribution in [3.63, 3.8) is 0 Å². The van der Waals surface area contributed by atoms with Gasteiger partial charge in [0, 0.05) is 8.80 Å². The summed E-state index contributed by atoms with van der Waals surface area (Å²) in [5.74, 6) is 0. The molecule has 0 aliphatic heterocycles. The number of fused-ring (bicyclic) bond motifs is 1. The van der Waals surface area contributed by atoms with E-state index in [-0.39, 0.29) is 21.7 Å². The molecule has 0 spiro atoms. The average molecular weight is 318 g/mol. The van der Waals surface area contributed by atoms with Crippen LogP contribution >= 0.6 is 0 Å². The molecule has 1 unspecified atom stereocenters. The van der Waals surface area contributed by atoms with Crippen molar-refractivity contribution < 1.29 is 21.7 Å². The molecule has 104 valence electrons. The van der Waals surface area contributed by atoms with E-state index in [1.54, 1.807) is 11.1 Å². The van der Waals surface area contributed by atoms with Gasteiger partial charge in [0.25, 0.3) is 0 Å². The van der Waals surface area contributed by atoms with Gasteiger partial charge in [0.05, 0.1) is 0 Å². The van der Waals surface area contributed by atoms with E-state index < -0.39 is 8.80 Å². The Morgan fingerprint density at radius 3 is 2.05 bits per heavy atom. The van der Waals surface area contributed by atoms with Crippen molar-refractivity contribution >= 4 is 14.9 Å². The van der Waals surface area contributed by atoms with Crippen LogP contribution < -0.4 is 0 Å². The molecule has 1 aromatic rings. The number of hydrogen-bond donors (Lipinski definition) is 0. The van der Waals surface area contributed by atoms with Crippen LogP contribution in [-0.2, 0) is 21.7 Å². The Labute approximate surface area is 141 Å². The van der Waals surface area contributed by atoms with Gasteiger partial charge in [-0.05, 0) is 37.4 Å². The largest absolute Gasteiger partial charge is 2.00 e. The summed E-state index contributed by atoms with van der Waals surface area (Å²) in [6, 6.07) is 8.82. The van der Waals surface area contributed by atoms with Gasteiger partial charge < -0.3 is 0 Å². The van der Waals surface area contributed by atoms with Crippen molar-refractivity contribution in [3.05, 3.63) is 65.3 Å². The first-order valence-electron chi connectivity index (χ1n) is 7.12. The molecule has 0 N–H and O–H groups in total. The van der Waals surface area contributed by atoms with Crippen molar-refractivity contribution in [2.75, 3.05) is 0 Å². The Bertz CT molecular complexity index is 474. The topological polar surface area (TPSA) is 0 Å². The molecule has 0 saturated carbocycles. The molecule has 0 nitrogen and oxygen atoms in total. The fraction of sp³-hybridized carbons (Fsp3) is 0.333. The minimum atomic E-state index is -0.586. The molecule has 1 aliphatic carbocycles. The van der Waals surface area contributed by atoms with Gasteiger partial charge >= 0.3 is 21.7 Å². The second-order valence-electron chi connectivity index (χ2n) is 5.29. The van der Waals surface area contributed by atoms with Gasteiger partial charge in [0.2, 0.25) is 0 Å². The van der Waals surface area contributed by atoms with E-state index in [9.17, 15) is 0 Å². The third kappa shape index (κ3) is 5.40. The Balaban J connectivity index is 0.000000448. The smallest absolute Gasteiger partial charge is 0.0877 e. The summed E-state index contributed by atoms with van der Waals surface area (Å²) in [5, 5.41) is 0. The van der Waals surface area contributed by atoms with E-state index in [0.29, 0.717) is 0 Å². The molecule has 20 heavy (non-hydrogen) atoms.